The van der Waals surface area contributed by atoms with Crippen LogP contribution in [0.25, 0.3) is 0 Å². The van der Waals surface area contributed by atoms with Gasteiger partial charge in [-0.05, 0) is 36.8 Å². The van der Waals surface area contributed by atoms with Crippen LogP contribution >= 0.6 is 0 Å². The van der Waals surface area contributed by atoms with Gasteiger partial charge >= 0.3 is 0 Å². The lowest BCUT2D eigenvalue weighted by Gasteiger charge is -2.09. The van der Waals surface area contributed by atoms with Crippen LogP contribution in [0.3, 0.4) is 0 Å². The number of benzene rings is 2. The lowest BCUT2D eigenvalue weighted by molar-refractivity contribution is 0.298. The minimum absolute atomic E-state index is 0.182. The second kappa shape index (κ2) is 5.45. The summed E-state index contributed by atoms with van der Waals surface area (Å²) < 4.78 is 10.7. The van der Waals surface area contributed by atoms with E-state index >= 15 is 0 Å². The van der Waals surface area contributed by atoms with E-state index in [0.29, 0.717) is 12.4 Å². The van der Waals surface area contributed by atoms with Gasteiger partial charge in [-0.1, -0.05) is 12.1 Å². The maximum atomic E-state index is 9.80. The molecule has 0 fully saturated rings. The van der Waals surface area contributed by atoms with E-state index in [9.17, 15) is 5.11 Å². The first kappa shape index (κ1) is 12.3. The van der Waals surface area contributed by atoms with Crippen LogP contribution in [0.5, 0.6) is 17.2 Å². The third-order valence-electron chi connectivity index (χ3n) is 2.68. The van der Waals surface area contributed by atoms with E-state index in [1.54, 1.807) is 25.3 Å². The van der Waals surface area contributed by atoms with Crippen LogP contribution in [-0.2, 0) is 6.61 Å². The van der Waals surface area contributed by atoms with Crippen molar-refractivity contribution < 1.29 is 14.6 Å². The zero-order valence-electron chi connectivity index (χ0n) is 10.5. The van der Waals surface area contributed by atoms with Crippen LogP contribution < -0.4 is 9.47 Å². The quantitative estimate of drug-likeness (QED) is 0.897. The smallest absolute Gasteiger partial charge is 0.125 e. The second-order valence-electron chi connectivity index (χ2n) is 4.10. The Labute approximate surface area is 107 Å². The molecule has 0 aliphatic carbocycles. The van der Waals surface area contributed by atoms with Gasteiger partial charge < -0.3 is 14.6 Å². The van der Waals surface area contributed by atoms with E-state index in [2.05, 4.69) is 0 Å². The summed E-state index contributed by atoms with van der Waals surface area (Å²) in [5.41, 5.74) is 1.88. The molecular formula is C15H16O3. The van der Waals surface area contributed by atoms with Gasteiger partial charge in [-0.2, -0.15) is 0 Å². The van der Waals surface area contributed by atoms with Crippen molar-refractivity contribution in [3.8, 4) is 17.2 Å². The van der Waals surface area contributed by atoms with E-state index in [0.717, 1.165) is 16.9 Å². The molecular weight excluding hydrogens is 228 g/mol. The molecule has 1 N–H and O–H groups in total. The Bertz CT molecular complexity index is 535. The average Bonchev–Trinajstić information content (AvgIpc) is 2.37. The first-order valence-electron chi connectivity index (χ1n) is 5.74. The number of ether oxygens (including phenoxy) is 2. The SMILES string of the molecule is COc1ccc(COc2cccc(C)c2)c(O)c1. The molecule has 0 aliphatic heterocycles. The average molecular weight is 244 g/mol. The molecule has 2 aromatic carbocycles. The van der Waals surface area contributed by atoms with Crippen molar-refractivity contribution in [3.05, 3.63) is 53.6 Å². The van der Waals surface area contributed by atoms with Gasteiger partial charge in [0.2, 0.25) is 0 Å². The van der Waals surface area contributed by atoms with Gasteiger partial charge in [-0.3, -0.25) is 0 Å². The Kier molecular flexibility index (Phi) is 3.72. The Hall–Kier alpha value is -2.16. The predicted octanol–water partition coefficient (Wildman–Crippen LogP) is 3.29. The highest BCUT2D eigenvalue weighted by Crippen LogP contribution is 2.24. The summed E-state index contributed by atoms with van der Waals surface area (Å²) in [5, 5.41) is 9.80. The van der Waals surface area contributed by atoms with Crippen LogP contribution in [0, 0.1) is 6.92 Å². The van der Waals surface area contributed by atoms with Crippen molar-refractivity contribution in [1.29, 1.82) is 0 Å². The number of phenols is 1. The first-order chi connectivity index (χ1) is 8.69. The highest BCUT2D eigenvalue weighted by molar-refractivity contribution is 5.39. The van der Waals surface area contributed by atoms with Gasteiger partial charge in [0.05, 0.1) is 7.11 Å². The Morgan fingerprint density at radius 1 is 1.06 bits per heavy atom. The molecule has 0 aromatic heterocycles. The number of aromatic hydroxyl groups is 1. The molecule has 0 saturated heterocycles. The maximum absolute atomic E-state index is 9.80. The first-order valence-corrected chi connectivity index (χ1v) is 5.74. The second-order valence-corrected chi connectivity index (χ2v) is 4.10. The monoisotopic (exact) mass is 244 g/mol. The van der Waals surface area contributed by atoms with Gasteiger partial charge in [-0.25, -0.2) is 0 Å². The standard InChI is InChI=1S/C15H16O3/c1-11-4-3-5-14(8-11)18-10-12-6-7-13(17-2)9-15(12)16/h3-9,16H,10H2,1-2H3. The molecule has 2 rings (SSSR count). The fraction of sp³-hybridized carbons (Fsp3) is 0.200. The molecule has 0 unspecified atom stereocenters. The van der Waals surface area contributed by atoms with E-state index < -0.39 is 0 Å². The largest absolute Gasteiger partial charge is 0.507 e. The van der Waals surface area contributed by atoms with E-state index in [-0.39, 0.29) is 5.75 Å². The van der Waals surface area contributed by atoms with E-state index in [4.69, 9.17) is 9.47 Å². The minimum Gasteiger partial charge on any atom is -0.507 e. The molecule has 18 heavy (non-hydrogen) atoms. The zero-order chi connectivity index (χ0) is 13.0. The minimum atomic E-state index is 0.182. The van der Waals surface area contributed by atoms with Gasteiger partial charge in [-0.15, -0.1) is 0 Å². The third kappa shape index (κ3) is 2.94. The molecule has 0 atom stereocenters. The van der Waals surface area contributed by atoms with Gasteiger partial charge in [0.1, 0.15) is 23.9 Å². The summed E-state index contributed by atoms with van der Waals surface area (Å²) in [6.07, 6.45) is 0. The fourth-order valence-electron chi connectivity index (χ4n) is 1.66. The molecule has 0 heterocycles. The fourth-order valence-corrected chi connectivity index (χ4v) is 1.66. The molecule has 0 amide bonds. The van der Waals surface area contributed by atoms with Crippen LogP contribution in [0.15, 0.2) is 42.5 Å². The Morgan fingerprint density at radius 2 is 1.89 bits per heavy atom. The van der Waals surface area contributed by atoms with Crippen molar-refractivity contribution >= 4 is 0 Å². The number of rotatable bonds is 4. The van der Waals surface area contributed by atoms with E-state index in [1.165, 1.54) is 0 Å². The summed E-state index contributed by atoms with van der Waals surface area (Å²) in [4.78, 5) is 0. The number of hydrogen-bond donors (Lipinski definition) is 1. The number of methoxy groups -OCH3 is 1. The Morgan fingerprint density at radius 3 is 2.56 bits per heavy atom. The Balaban J connectivity index is 2.06. The summed E-state index contributed by atoms with van der Waals surface area (Å²) >= 11 is 0. The summed E-state index contributed by atoms with van der Waals surface area (Å²) in [6, 6.07) is 13.0. The third-order valence-corrected chi connectivity index (χ3v) is 2.68. The zero-order valence-corrected chi connectivity index (χ0v) is 10.5. The molecule has 3 nitrogen and oxygen atoms in total. The van der Waals surface area contributed by atoms with Crippen molar-refractivity contribution in [2.45, 2.75) is 13.5 Å². The molecule has 0 radical (unpaired) electrons. The van der Waals surface area contributed by atoms with Crippen molar-refractivity contribution in [1.82, 2.24) is 0 Å². The van der Waals surface area contributed by atoms with Crippen LogP contribution in [0.4, 0.5) is 0 Å². The summed E-state index contributed by atoms with van der Waals surface area (Å²) in [5.74, 6) is 1.61. The highest BCUT2D eigenvalue weighted by Gasteiger charge is 2.04. The van der Waals surface area contributed by atoms with Crippen LogP contribution in [0.1, 0.15) is 11.1 Å². The summed E-state index contributed by atoms with van der Waals surface area (Å²) in [6.45, 7) is 2.34. The van der Waals surface area contributed by atoms with E-state index in [1.807, 2.05) is 31.2 Å². The molecule has 2 aromatic rings. The molecule has 0 spiro atoms. The van der Waals surface area contributed by atoms with Crippen LogP contribution in [0.2, 0.25) is 0 Å². The van der Waals surface area contributed by atoms with Gasteiger partial charge in [0.15, 0.2) is 0 Å². The molecule has 0 bridgehead atoms. The summed E-state index contributed by atoms with van der Waals surface area (Å²) in [7, 11) is 1.57. The van der Waals surface area contributed by atoms with Crippen molar-refractivity contribution in [2.75, 3.05) is 7.11 Å². The molecule has 0 aliphatic rings. The number of hydrogen-bond acceptors (Lipinski definition) is 3. The van der Waals surface area contributed by atoms with Crippen LogP contribution in [-0.4, -0.2) is 12.2 Å². The highest BCUT2D eigenvalue weighted by atomic mass is 16.5. The normalized spacial score (nSPS) is 10.1. The maximum Gasteiger partial charge on any atom is 0.125 e. The van der Waals surface area contributed by atoms with Crippen molar-refractivity contribution in [3.63, 3.8) is 0 Å². The lowest BCUT2D eigenvalue weighted by Crippen LogP contribution is -1.96. The molecule has 3 heteroatoms. The lowest BCUT2D eigenvalue weighted by atomic mass is 10.2. The van der Waals surface area contributed by atoms with Crippen molar-refractivity contribution in [2.24, 2.45) is 0 Å². The number of phenolic OH excluding ortho intramolecular Hbond substituents is 1. The predicted molar refractivity (Wildman–Crippen MR) is 70.2 cm³/mol. The number of aryl methyl sites for hydroxylation is 1. The van der Waals surface area contributed by atoms with Gasteiger partial charge in [0.25, 0.3) is 0 Å². The molecule has 94 valence electrons. The molecule has 0 saturated carbocycles. The topological polar surface area (TPSA) is 38.7 Å². The van der Waals surface area contributed by atoms with Gasteiger partial charge in [0, 0.05) is 11.6 Å².